The first kappa shape index (κ1) is 16.7. The van der Waals surface area contributed by atoms with Crippen molar-refractivity contribution in [2.45, 2.75) is 31.8 Å². The van der Waals surface area contributed by atoms with Crippen molar-refractivity contribution in [3.63, 3.8) is 0 Å². The second-order valence-electron chi connectivity index (χ2n) is 5.44. The van der Waals surface area contributed by atoms with Crippen molar-refractivity contribution in [1.29, 1.82) is 0 Å². The molecule has 2 rings (SSSR count). The summed E-state index contributed by atoms with van der Waals surface area (Å²) in [6.45, 7) is 2.00. The van der Waals surface area contributed by atoms with E-state index in [0.29, 0.717) is 12.0 Å². The van der Waals surface area contributed by atoms with Gasteiger partial charge in [0.15, 0.2) is 0 Å². The number of aromatic carboxylic acids is 1. The minimum absolute atomic E-state index is 0.0779. The van der Waals surface area contributed by atoms with Crippen LogP contribution in [-0.2, 0) is 0 Å². The Morgan fingerprint density at radius 2 is 1.86 bits per heavy atom. The van der Waals surface area contributed by atoms with E-state index in [9.17, 15) is 15.0 Å². The summed E-state index contributed by atoms with van der Waals surface area (Å²) in [5.74, 6) is -0.830. The van der Waals surface area contributed by atoms with Gasteiger partial charge in [0.2, 0.25) is 0 Å². The van der Waals surface area contributed by atoms with Gasteiger partial charge in [0, 0.05) is 4.47 Å². The summed E-state index contributed by atoms with van der Waals surface area (Å²) < 4.78 is 0.938. The zero-order chi connectivity index (χ0) is 16.1. The van der Waals surface area contributed by atoms with Crippen LogP contribution >= 0.6 is 15.9 Å². The van der Waals surface area contributed by atoms with Gasteiger partial charge < -0.3 is 10.2 Å². The molecular weight excluding hydrogens is 344 g/mol. The fourth-order valence-corrected chi connectivity index (χ4v) is 2.98. The number of rotatable bonds is 6. The number of halogens is 1. The maximum absolute atomic E-state index is 11.3. The van der Waals surface area contributed by atoms with E-state index < -0.39 is 12.1 Å². The fraction of sp³-hybridized carbons (Fsp3) is 0.278. The Labute approximate surface area is 138 Å². The molecule has 0 bridgehead atoms. The molecule has 2 aromatic rings. The molecule has 22 heavy (non-hydrogen) atoms. The van der Waals surface area contributed by atoms with Gasteiger partial charge in [-0.3, -0.25) is 0 Å². The molecule has 0 aliphatic heterocycles. The predicted octanol–water partition coefficient (Wildman–Crippen LogP) is 4.76. The predicted molar refractivity (Wildman–Crippen MR) is 90.2 cm³/mol. The Bertz CT molecular complexity index is 654. The first-order valence-corrected chi connectivity index (χ1v) is 8.04. The van der Waals surface area contributed by atoms with Crippen LogP contribution in [0.5, 0.6) is 0 Å². The van der Waals surface area contributed by atoms with Crippen LogP contribution in [0.25, 0.3) is 0 Å². The maximum atomic E-state index is 11.3. The third kappa shape index (κ3) is 4.18. The lowest BCUT2D eigenvalue weighted by Crippen LogP contribution is -2.07. The summed E-state index contributed by atoms with van der Waals surface area (Å²) in [6.07, 6.45) is 0.765. The maximum Gasteiger partial charge on any atom is 0.335 e. The molecule has 4 heteroatoms. The smallest absolute Gasteiger partial charge is 0.335 e. The van der Waals surface area contributed by atoms with E-state index in [1.807, 2.05) is 43.3 Å². The lowest BCUT2D eigenvalue weighted by Gasteiger charge is -2.17. The van der Waals surface area contributed by atoms with Gasteiger partial charge in [0.1, 0.15) is 0 Å². The molecule has 0 amide bonds. The van der Waals surface area contributed by atoms with E-state index in [4.69, 9.17) is 0 Å². The molecule has 0 saturated carbocycles. The average molecular weight is 363 g/mol. The Morgan fingerprint density at radius 1 is 1.14 bits per heavy atom. The molecule has 2 N–H and O–H groups in total. The van der Waals surface area contributed by atoms with Crippen molar-refractivity contribution < 1.29 is 15.0 Å². The molecule has 0 heterocycles. The van der Waals surface area contributed by atoms with Crippen LogP contribution < -0.4 is 0 Å². The number of carboxylic acids is 1. The minimum Gasteiger partial charge on any atom is -0.478 e. The number of hydrogen-bond acceptors (Lipinski definition) is 2. The topological polar surface area (TPSA) is 57.5 Å². The molecule has 3 nitrogen and oxygen atoms in total. The lowest BCUT2D eigenvalue weighted by molar-refractivity contribution is 0.0695. The first-order chi connectivity index (χ1) is 10.5. The second-order valence-corrected chi connectivity index (χ2v) is 6.36. The van der Waals surface area contributed by atoms with Gasteiger partial charge in [-0.05, 0) is 48.1 Å². The summed E-state index contributed by atoms with van der Waals surface area (Å²) in [7, 11) is 0. The van der Waals surface area contributed by atoms with E-state index >= 15 is 0 Å². The van der Waals surface area contributed by atoms with E-state index in [2.05, 4.69) is 15.9 Å². The molecule has 0 aliphatic rings. The summed E-state index contributed by atoms with van der Waals surface area (Å²) in [4.78, 5) is 11.3. The van der Waals surface area contributed by atoms with Crippen LogP contribution in [0.15, 0.2) is 53.0 Å². The quantitative estimate of drug-likeness (QED) is 0.778. The average Bonchev–Trinajstić information content (AvgIpc) is 2.52. The number of carboxylic acid groups (broad SMARTS) is 1. The molecular formula is C18H19BrO3. The van der Waals surface area contributed by atoms with Crippen LogP contribution in [0.1, 0.15) is 53.3 Å². The van der Waals surface area contributed by atoms with Crippen molar-refractivity contribution in [2.24, 2.45) is 0 Å². The minimum atomic E-state index is -0.907. The zero-order valence-electron chi connectivity index (χ0n) is 12.4. The highest BCUT2D eigenvalue weighted by molar-refractivity contribution is 9.10. The molecule has 2 unspecified atom stereocenters. The number of carbonyl (C=O) groups is 1. The molecule has 116 valence electrons. The van der Waals surface area contributed by atoms with Crippen molar-refractivity contribution in [3.05, 3.63) is 69.7 Å². The molecule has 0 fully saturated rings. The van der Waals surface area contributed by atoms with Crippen LogP contribution in [-0.4, -0.2) is 16.2 Å². The Balaban J connectivity index is 2.04. The van der Waals surface area contributed by atoms with Crippen LogP contribution in [0, 0.1) is 0 Å². The van der Waals surface area contributed by atoms with Gasteiger partial charge in [-0.15, -0.1) is 0 Å². The van der Waals surface area contributed by atoms with E-state index in [1.54, 1.807) is 12.1 Å². The summed E-state index contributed by atoms with van der Waals surface area (Å²) >= 11 is 3.40. The van der Waals surface area contributed by atoms with E-state index in [1.165, 1.54) is 0 Å². The van der Waals surface area contributed by atoms with Gasteiger partial charge in [0.25, 0.3) is 0 Å². The summed E-state index contributed by atoms with van der Waals surface area (Å²) in [6, 6.07) is 14.7. The highest BCUT2D eigenvalue weighted by Crippen LogP contribution is 2.29. The van der Waals surface area contributed by atoms with Gasteiger partial charge in [0.05, 0.1) is 11.7 Å². The van der Waals surface area contributed by atoms with Gasteiger partial charge in [-0.1, -0.05) is 53.2 Å². The lowest BCUT2D eigenvalue weighted by atomic mass is 9.90. The van der Waals surface area contributed by atoms with Gasteiger partial charge in [-0.2, -0.15) is 0 Å². The van der Waals surface area contributed by atoms with Crippen molar-refractivity contribution in [1.82, 2.24) is 0 Å². The number of hydrogen-bond donors (Lipinski definition) is 2. The monoisotopic (exact) mass is 362 g/mol. The van der Waals surface area contributed by atoms with Crippen molar-refractivity contribution in [3.8, 4) is 0 Å². The Kier molecular flexibility index (Phi) is 5.75. The Morgan fingerprint density at radius 3 is 2.55 bits per heavy atom. The molecule has 0 spiro atoms. The molecule has 0 aromatic heterocycles. The number of aliphatic hydroxyl groups is 1. The molecule has 0 saturated heterocycles. The molecule has 0 aliphatic carbocycles. The van der Waals surface area contributed by atoms with Gasteiger partial charge >= 0.3 is 5.97 Å². The number of aliphatic hydroxyl groups excluding tert-OH is 1. The summed E-state index contributed by atoms with van der Waals surface area (Å²) in [5.41, 5.74) is 2.02. The first-order valence-electron chi connectivity index (χ1n) is 7.24. The zero-order valence-corrected chi connectivity index (χ0v) is 14.0. The molecule has 0 radical (unpaired) electrons. The fourth-order valence-electron chi connectivity index (χ4n) is 2.57. The molecule has 2 atom stereocenters. The van der Waals surface area contributed by atoms with Crippen LogP contribution in [0.2, 0.25) is 0 Å². The van der Waals surface area contributed by atoms with E-state index in [0.717, 1.165) is 22.0 Å². The number of benzene rings is 2. The van der Waals surface area contributed by atoms with Crippen molar-refractivity contribution in [2.75, 3.05) is 0 Å². The van der Waals surface area contributed by atoms with Crippen molar-refractivity contribution >= 4 is 21.9 Å². The standard InChI is InChI=1S/C18H19BrO3/c1-12(15-7-2-3-8-16(15)18(21)22)9-10-17(20)13-5-4-6-14(19)11-13/h2-8,11-12,17,20H,9-10H2,1H3,(H,21,22). The largest absolute Gasteiger partial charge is 0.478 e. The Hall–Kier alpha value is -1.65. The van der Waals surface area contributed by atoms with Crippen LogP contribution in [0.4, 0.5) is 0 Å². The van der Waals surface area contributed by atoms with Crippen LogP contribution in [0.3, 0.4) is 0 Å². The van der Waals surface area contributed by atoms with Gasteiger partial charge in [-0.25, -0.2) is 4.79 Å². The second kappa shape index (κ2) is 7.56. The normalized spacial score (nSPS) is 13.6. The molecule has 2 aromatic carbocycles. The third-order valence-electron chi connectivity index (χ3n) is 3.83. The highest BCUT2D eigenvalue weighted by Gasteiger charge is 2.16. The SMILES string of the molecule is CC(CCC(O)c1cccc(Br)c1)c1ccccc1C(=O)O. The third-order valence-corrected chi connectivity index (χ3v) is 4.32. The van der Waals surface area contributed by atoms with E-state index in [-0.39, 0.29) is 5.92 Å². The summed E-state index contributed by atoms with van der Waals surface area (Å²) in [5, 5.41) is 19.5. The highest BCUT2D eigenvalue weighted by atomic mass is 79.9.